The molecule has 0 spiro atoms. The Morgan fingerprint density at radius 3 is 2.40 bits per heavy atom. The zero-order valence-corrected chi connectivity index (χ0v) is 11.5. The molecule has 20 heavy (non-hydrogen) atoms. The second-order valence-electron chi connectivity index (χ2n) is 4.76. The second-order valence-corrected chi connectivity index (χ2v) is 4.76. The van der Waals surface area contributed by atoms with Gasteiger partial charge < -0.3 is 10.6 Å². The summed E-state index contributed by atoms with van der Waals surface area (Å²) in [5, 5.41) is 5.56. The maximum Gasteiger partial charge on any atom is 0.243 e. The van der Waals surface area contributed by atoms with Gasteiger partial charge in [0, 0.05) is 5.69 Å². The molecule has 0 saturated carbocycles. The molecule has 2 N–H and O–H groups in total. The van der Waals surface area contributed by atoms with Crippen molar-refractivity contribution >= 4 is 17.3 Å². The monoisotopic (exact) mass is 272 g/mol. The van der Waals surface area contributed by atoms with Crippen LogP contribution in [0.5, 0.6) is 0 Å². The Labute approximate surface area is 117 Å². The minimum atomic E-state index is -0.438. The number of aryl methyl sites for hydroxylation is 2. The quantitative estimate of drug-likeness (QED) is 0.894. The number of halogens is 1. The lowest BCUT2D eigenvalue weighted by Gasteiger charge is -2.09. The molecule has 0 fully saturated rings. The van der Waals surface area contributed by atoms with Crippen LogP contribution in [0.2, 0.25) is 0 Å². The lowest BCUT2D eigenvalue weighted by molar-refractivity contribution is -0.114. The van der Waals surface area contributed by atoms with Crippen molar-refractivity contribution in [2.24, 2.45) is 0 Å². The molecule has 0 unspecified atom stereocenters. The molecule has 0 aliphatic heterocycles. The first-order chi connectivity index (χ1) is 9.54. The van der Waals surface area contributed by atoms with Gasteiger partial charge in [-0.3, -0.25) is 4.79 Å². The first-order valence-corrected chi connectivity index (χ1v) is 6.41. The van der Waals surface area contributed by atoms with Crippen LogP contribution in [-0.2, 0) is 4.79 Å². The fourth-order valence-electron chi connectivity index (χ4n) is 2.02. The lowest BCUT2D eigenvalue weighted by Crippen LogP contribution is -2.22. The molecule has 3 nitrogen and oxygen atoms in total. The van der Waals surface area contributed by atoms with Gasteiger partial charge in [0.2, 0.25) is 5.91 Å². The van der Waals surface area contributed by atoms with Crippen molar-refractivity contribution in [3.8, 4) is 0 Å². The highest BCUT2D eigenvalue weighted by Crippen LogP contribution is 2.14. The summed E-state index contributed by atoms with van der Waals surface area (Å²) in [6.45, 7) is 4.09. The number of amides is 1. The summed E-state index contributed by atoms with van der Waals surface area (Å²) in [5.41, 5.74) is 3.33. The molecule has 2 rings (SSSR count). The molecule has 0 atom stereocenters. The Balaban J connectivity index is 1.94. The lowest BCUT2D eigenvalue weighted by atomic mass is 10.1. The van der Waals surface area contributed by atoms with Gasteiger partial charge in [0.05, 0.1) is 12.2 Å². The highest BCUT2D eigenvalue weighted by atomic mass is 19.1. The highest BCUT2D eigenvalue weighted by molar-refractivity contribution is 5.93. The average molecular weight is 272 g/mol. The predicted molar refractivity (Wildman–Crippen MR) is 79.4 cm³/mol. The largest absolute Gasteiger partial charge is 0.376 e. The summed E-state index contributed by atoms with van der Waals surface area (Å²) < 4.78 is 13.4. The number of hydrogen-bond donors (Lipinski definition) is 2. The summed E-state index contributed by atoms with van der Waals surface area (Å²) in [4.78, 5) is 11.8. The topological polar surface area (TPSA) is 41.1 Å². The van der Waals surface area contributed by atoms with Crippen LogP contribution in [0, 0.1) is 19.7 Å². The number of benzene rings is 2. The van der Waals surface area contributed by atoms with Crippen LogP contribution >= 0.6 is 0 Å². The normalized spacial score (nSPS) is 10.2. The van der Waals surface area contributed by atoms with Gasteiger partial charge in [-0.15, -0.1) is 0 Å². The van der Waals surface area contributed by atoms with Crippen LogP contribution in [0.15, 0.2) is 42.5 Å². The van der Waals surface area contributed by atoms with Gasteiger partial charge in [-0.1, -0.05) is 18.2 Å². The molecule has 0 aromatic heterocycles. The van der Waals surface area contributed by atoms with Crippen LogP contribution in [0.25, 0.3) is 0 Å². The van der Waals surface area contributed by atoms with E-state index >= 15 is 0 Å². The Morgan fingerprint density at radius 1 is 1.10 bits per heavy atom. The van der Waals surface area contributed by atoms with Crippen LogP contribution in [0.3, 0.4) is 0 Å². The average Bonchev–Trinajstić information content (AvgIpc) is 2.38. The first-order valence-electron chi connectivity index (χ1n) is 6.41. The Kier molecular flexibility index (Phi) is 4.35. The van der Waals surface area contributed by atoms with Gasteiger partial charge in [-0.25, -0.2) is 4.39 Å². The minimum absolute atomic E-state index is 0.0945. The van der Waals surface area contributed by atoms with Crippen molar-refractivity contribution in [3.05, 3.63) is 59.4 Å². The fourth-order valence-corrected chi connectivity index (χ4v) is 2.02. The zero-order chi connectivity index (χ0) is 14.5. The molecule has 104 valence electrons. The van der Waals surface area contributed by atoms with Crippen molar-refractivity contribution < 1.29 is 9.18 Å². The number of anilines is 2. The van der Waals surface area contributed by atoms with Crippen molar-refractivity contribution in [2.75, 3.05) is 17.2 Å². The number of para-hydroxylation sites is 1. The fraction of sp³-hybridized carbons (Fsp3) is 0.188. The van der Waals surface area contributed by atoms with Crippen LogP contribution < -0.4 is 10.6 Å². The van der Waals surface area contributed by atoms with E-state index in [-0.39, 0.29) is 18.1 Å². The molecule has 0 bridgehead atoms. The van der Waals surface area contributed by atoms with Crippen molar-refractivity contribution in [1.29, 1.82) is 0 Å². The first kappa shape index (κ1) is 14.1. The van der Waals surface area contributed by atoms with Crippen molar-refractivity contribution in [3.63, 3.8) is 0 Å². The maximum absolute atomic E-state index is 13.4. The van der Waals surface area contributed by atoms with Crippen LogP contribution in [-0.4, -0.2) is 12.5 Å². The van der Waals surface area contributed by atoms with Gasteiger partial charge in [0.1, 0.15) is 5.82 Å². The molecule has 2 aromatic carbocycles. The number of carbonyl (C=O) groups excluding carboxylic acids is 1. The van der Waals surface area contributed by atoms with E-state index in [4.69, 9.17) is 0 Å². The third-order valence-electron chi connectivity index (χ3n) is 2.82. The molecule has 4 heteroatoms. The summed E-state index contributed by atoms with van der Waals surface area (Å²) in [6.07, 6.45) is 0. The Hall–Kier alpha value is -2.36. The number of nitrogens with one attached hydrogen (secondary N) is 2. The van der Waals surface area contributed by atoms with E-state index in [1.807, 2.05) is 26.0 Å². The van der Waals surface area contributed by atoms with E-state index in [9.17, 15) is 9.18 Å². The maximum atomic E-state index is 13.4. The van der Waals surface area contributed by atoms with E-state index < -0.39 is 5.82 Å². The molecule has 0 saturated heterocycles. The number of hydrogen-bond acceptors (Lipinski definition) is 2. The van der Waals surface area contributed by atoms with E-state index in [0.717, 1.165) is 16.8 Å². The highest BCUT2D eigenvalue weighted by Gasteiger charge is 2.06. The van der Waals surface area contributed by atoms with E-state index in [1.165, 1.54) is 12.1 Å². The van der Waals surface area contributed by atoms with E-state index in [2.05, 4.69) is 16.7 Å². The standard InChI is InChI=1S/C16H17FN2O/c1-11-7-12(2)9-13(8-11)18-10-16(20)19-15-6-4-3-5-14(15)17/h3-9,18H,10H2,1-2H3,(H,19,20). The molecule has 0 radical (unpaired) electrons. The molecule has 0 heterocycles. The number of carbonyl (C=O) groups is 1. The van der Waals surface area contributed by atoms with Gasteiger partial charge in [0.25, 0.3) is 0 Å². The molecule has 1 amide bonds. The van der Waals surface area contributed by atoms with Crippen molar-refractivity contribution in [1.82, 2.24) is 0 Å². The SMILES string of the molecule is Cc1cc(C)cc(NCC(=O)Nc2ccccc2F)c1. The predicted octanol–water partition coefficient (Wildman–Crippen LogP) is 3.49. The van der Waals surface area contributed by atoms with Gasteiger partial charge >= 0.3 is 0 Å². The molecule has 0 aliphatic carbocycles. The van der Waals surface area contributed by atoms with E-state index in [1.54, 1.807) is 12.1 Å². The third kappa shape index (κ3) is 3.82. The molecule has 2 aromatic rings. The van der Waals surface area contributed by atoms with E-state index in [0.29, 0.717) is 0 Å². The van der Waals surface area contributed by atoms with Crippen LogP contribution in [0.1, 0.15) is 11.1 Å². The second kappa shape index (κ2) is 6.19. The van der Waals surface area contributed by atoms with Gasteiger partial charge in [0.15, 0.2) is 0 Å². The van der Waals surface area contributed by atoms with Crippen LogP contribution in [0.4, 0.5) is 15.8 Å². The third-order valence-corrected chi connectivity index (χ3v) is 2.82. The smallest absolute Gasteiger partial charge is 0.243 e. The Morgan fingerprint density at radius 2 is 1.75 bits per heavy atom. The number of rotatable bonds is 4. The molecule has 0 aliphatic rings. The minimum Gasteiger partial charge on any atom is -0.376 e. The van der Waals surface area contributed by atoms with Gasteiger partial charge in [-0.2, -0.15) is 0 Å². The summed E-state index contributed by atoms with van der Waals surface area (Å²) >= 11 is 0. The Bertz CT molecular complexity index is 605. The molecular weight excluding hydrogens is 255 g/mol. The summed E-state index contributed by atoms with van der Waals surface area (Å²) in [5.74, 6) is -0.721. The summed E-state index contributed by atoms with van der Waals surface area (Å²) in [6, 6.07) is 12.1. The summed E-state index contributed by atoms with van der Waals surface area (Å²) in [7, 11) is 0. The van der Waals surface area contributed by atoms with Gasteiger partial charge in [-0.05, 0) is 49.2 Å². The zero-order valence-electron chi connectivity index (χ0n) is 11.5. The van der Waals surface area contributed by atoms with Crippen molar-refractivity contribution in [2.45, 2.75) is 13.8 Å². The molecular formula is C16H17FN2O.